The van der Waals surface area contributed by atoms with Crippen molar-refractivity contribution in [3.63, 3.8) is 0 Å². The third kappa shape index (κ3) is 5.72. The average Bonchev–Trinajstić information content (AvgIpc) is 2.37. The second-order valence-electron chi connectivity index (χ2n) is 5.03. The first-order valence-corrected chi connectivity index (χ1v) is 6.75. The molecule has 1 fully saturated rings. The van der Waals surface area contributed by atoms with E-state index in [0.717, 1.165) is 12.8 Å². The maximum Gasteiger partial charge on any atom is 0.306 e. The van der Waals surface area contributed by atoms with Crippen molar-refractivity contribution in [1.29, 1.82) is 0 Å². The highest BCUT2D eigenvalue weighted by Gasteiger charge is 2.30. The zero-order valence-corrected chi connectivity index (χ0v) is 11.3. The molecule has 108 valence electrons. The number of carboxylic acids is 1. The predicted molar refractivity (Wildman–Crippen MR) is 69.4 cm³/mol. The summed E-state index contributed by atoms with van der Waals surface area (Å²) in [5.74, 6) is -1.51. The Morgan fingerprint density at radius 3 is 2.37 bits per heavy atom. The van der Waals surface area contributed by atoms with Crippen LogP contribution in [0.3, 0.4) is 0 Å². The third-order valence-corrected chi connectivity index (χ3v) is 3.42. The van der Waals surface area contributed by atoms with Crippen LogP contribution < -0.4 is 10.6 Å². The molecular weight excluding hydrogens is 248 g/mol. The van der Waals surface area contributed by atoms with Gasteiger partial charge < -0.3 is 15.7 Å². The van der Waals surface area contributed by atoms with Crippen LogP contribution in [0.4, 0.5) is 0 Å². The lowest BCUT2D eigenvalue weighted by Crippen LogP contribution is -2.36. The van der Waals surface area contributed by atoms with Crippen molar-refractivity contribution in [2.75, 3.05) is 13.1 Å². The fraction of sp³-hybridized carbons (Fsp3) is 0.769. The van der Waals surface area contributed by atoms with E-state index in [-0.39, 0.29) is 23.7 Å². The van der Waals surface area contributed by atoms with Gasteiger partial charge in [-0.3, -0.25) is 14.4 Å². The zero-order valence-electron chi connectivity index (χ0n) is 11.3. The lowest BCUT2D eigenvalue weighted by Gasteiger charge is -2.25. The van der Waals surface area contributed by atoms with Gasteiger partial charge in [-0.25, -0.2) is 0 Å². The Morgan fingerprint density at radius 1 is 1.11 bits per heavy atom. The first-order valence-electron chi connectivity index (χ1n) is 6.75. The molecule has 2 atom stereocenters. The molecule has 19 heavy (non-hydrogen) atoms. The molecule has 0 aromatic carbocycles. The molecule has 0 radical (unpaired) electrons. The second-order valence-corrected chi connectivity index (χ2v) is 5.03. The van der Waals surface area contributed by atoms with Crippen LogP contribution >= 0.6 is 0 Å². The van der Waals surface area contributed by atoms with E-state index in [1.54, 1.807) is 0 Å². The summed E-state index contributed by atoms with van der Waals surface area (Å²) < 4.78 is 0. The first-order chi connectivity index (χ1) is 9.00. The minimum absolute atomic E-state index is 0.0613. The number of carbonyl (C=O) groups is 3. The minimum atomic E-state index is -0.803. The van der Waals surface area contributed by atoms with Gasteiger partial charge in [-0.2, -0.15) is 0 Å². The number of carbonyl (C=O) groups excluding carboxylic acids is 2. The summed E-state index contributed by atoms with van der Waals surface area (Å²) in [4.78, 5) is 33.4. The van der Waals surface area contributed by atoms with E-state index in [2.05, 4.69) is 10.6 Å². The fourth-order valence-corrected chi connectivity index (χ4v) is 2.36. The molecule has 2 unspecified atom stereocenters. The van der Waals surface area contributed by atoms with Crippen molar-refractivity contribution in [2.24, 2.45) is 11.8 Å². The van der Waals surface area contributed by atoms with Crippen molar-refractivity contribution in [2.45, 2.75) is 39.0 Å². The molecular formula is C13H22N2O4. The van der Waals surface area contributed by atoms with Crippen LogP contribution in [0.2, 0.25) is 0 Å². The predicted octanol–water partition coefficient (Wildman–Crippen LogP) is 0.520. The number of hydrogen-bond donors (Lipinski definition) is 3. The zero-order chi connectivity index (χ0) is 14.3. The van der Waals surface area contributed by atoms with Crippen LogP contribution in [0.1, 0.15) is 39.0 Å². The monoisotopic (exact) mass is 270 g/mol. The highest BCUT2D eigenvalue weighted by Crippen LogP contribution is 2.29. The molecule has 1 aliphatic carbocycles. The molecule has 0 aliphatic heterocycles. The van der Waals surface area contributed by atoms with E-state index in [1.165, 1.54) is 6.92 Å². The van der Waals surface area contributed by atoms with Gasteiger partial charge in [0, 0.05) is 25.9 Å². The normalized spacial score (nSPS) is 22.6. The Kier molecular flexibility index (Phi) is 6.32. The molecule has 6 heteroatoms. The highest BCUT2D eigenvalue weighted by atomic mass is 16.4. The van der Waals surface area contributed by atoms with Crippen LogP contribution in [0, 0.1) is 11.8 Å². The van der Waals surface area contributed by atoms with E-state index < -0.39 is 5.97 Å². The standard InChI is InChI=1S/C13H22N2O4/c1-9(16)14-6-3-7-15-12(17)10-4-2-5-11(8-10)13(18)19/h10-11H,2-8H2,1H3,(H,14,16)(H,15,17)(H,18,19). The second kappa shape index (κ2) is 7.76. The average molecular weight is 270 g/mol. The lowest BCUT2D eigenvalue weighted by atomic mass is 9.81. The van der Waals surface area contributed by atoms with Crippen molar-refractivity contribution >= 4 is 17.8 Å². The van der Waals surface area contributed by atoms with Crippen LogP contribution in [0.5, 0.6) is 0 Å². The van der Waals surface area contributed by atoms with E-state index in [4.69, 9.17) is 5.11 Å². The summed E-state index contributed by atoms with van der Waals surface area (Å²) in [7, 11) is 0. The third-order valence-electron chi connectivity index (χ3n) is 3.42. The first kappa shape index (κ1) is 15.5. The van der Waals surface area contributed by atoms with Gasteiger partial charge in [0.1, 0.15) is 0 Å². The number of aliphatic carboxylic acids is 1. The molecule has 0 bridgehead atoms. The SMILES string of the molecule is CC(=O)NCCCNC(=O)C1CCCC(C(=O)O)C1. The van der Waals surface area contributed by atoms with Crippen molar-refractivity contribution in [1.82, 2.24) is 10.6 Å². The topological polar surface area (TPSA) is 95.5 Å². The van der Waals surface area contributed by atoms with E-state index in [1.807, 2.05) is 0 Å². The summed E-state index contributed by atoms with van der Waals surface area (Å²) >= 11 is 0. The molecule has 0 spiro atoms. The fourth-order valence-electron chi connectivity index (χ4n) is 2.36. The summed E-state index contributed by atoms with van der Waals surface area (Å²) in [6.07, 6.45) is 3.34. The van der Waals surface area contributed by atoms with Gasteiger partial charge in [-0.15, -0.1) is 0 Å². The van der Waals surface area contributed by atoms with Gasteiger partial charge >= 0.3 is 5.97 Å². The molecule has 0 aromatic heterocycles. The smallest absolute Gasteiger partial charge is 0.306 e. The van der Waals surface area contributed by atoms with E-state index in [9.17, 15) is 14.4 Å². The number of hydrogen-bond acceptors (Lipinski definition) is 3. The van der Waals surface area contributed by atoms with E-state index in [0.29, 0.717) is 32.4 Å². The summed E-state index contributed by atoms with van der Waals surface area (Å²) in [5.41, 5.74) is 0. The van der Waals surface area contributed by atoms with Gasteiger partial charge in [-0.05, 0) is 25.7 Å². The van der Waals surface area contributed by atoms with Gasteiger partial charge in [-0.1, -0.05) is 6.42 Å². The number of rotatable bonds is 6. The molecule has 1 rings (SSSR count). The molecule has 6 nitrogen and oxygen atoms in total. The molecule has 1 aliphatic rings. The van der Waals surface area contributed by atoms with Crippen molar-refractivity contribution in [3.8, 4) is 0 Å². The van der Waals surface area contributed by atoms with Crippen LogP contribution in [-0.4, -0.2) is 36.0 Å². The van der Waals surface area contributed by atoms with Crippen LogP contribution in [-0.2, 0) is 14.4 Å². The lowest BCUT2D eigenvalue weighted by molar-refractivity contribution is -0.144. The number of amides is 2. The summed E-state index contributed by atoms with van der Waals surface area (Å²) in [6.45, 7) is 2.50. The number of nitrogens with one attached hydrogen (secondary N) is 2. The molecule has 2 amide bonds. The molecule has 3 N–H and O–H groups in total. The Labute approximate surface area is 112 Å². The number of carboxylic acid groups (broad SMARTS) is 1. The van der Waals surface area contributed by atoms with Crippen LogP contribution in [0.25, 0.3) is 0 Å². The van der Waals surface area contributed by atoms with Gasteiger partial charge in [0.15, 0.2) is 0 Å². The maximum atomic E-state index is 11.9. The van der Waals surface area contributed by atoms with Crippen LogP contribution in [0.15, 0.2) is 0 Å². The Morgan fingerprint density at radius 2 is 1.74 bits per heavy atom. The van der Waals surface area contributed by atoms with Crippen molar-refractivity contribution < 1.29 is 19.5 Å². The summed E-state index contributed by atoms with van der Waals surface area (Å²) in [6, 6.07) is 0. The molecule has 0 heterocycles. The summed E-state index contributed by atoms with van der Waals surface area (Å²) in [5, 5.41) is 14.4. The minimum Gasteiger partial charge on any atom is -0.481 e. The van der Waals surface area contributed by atoms with E-state index >= 15 is 0 Å². The highest BCUT2D eigenvalue weighted by molar-refractivity contribution is 5.80. The molecule has 1 saturated carbocycles. The molecule has 0 aromatic rings. The largest absolute Gasteiger partial charge is 0.481 e. The van der Waals surface area contributed by atoms with Gasteiger partial charge in [0.25, 0.3) is 0 Å². The van der Waals surface area contributed by atoms with Gasteiger partial charge in [0.05, 0.1) is 5.92 Å². The van der Waals surface area contributed by atoms with Crippen molar-refractivity contribution in [3.05, 3.63) is 0 Å². The molecule has 0 saturated heterocycles. The Balaban J connectivity index is 2.21. The Hall–Kier alpha value is -1.59. The quantitative estimate of drug-likeness (QED) is 0.613. The van der Waals surface area contributed by atoms with Gasteiger partial charge in [0.2, 0.25) is 11.8 Å². The Bertz CT molecular complexity index is 344. The maximum absolute atomic E-state index is 11.9.